The van der Waals surface area contributed by atoms with Gasteiger partial charge in [0.05, 0.1) is 14.2 Å². The molecule has 10 heteroatoms. The van der Waals surface area contributed by atoms with Crippen LogP contribution in [0, 0.1) is 0 Å². The molecule has 0 aliphatic carbocycles. The molecule has 0 heterocycles. The lowest BCUT2D eigenvalue weighted by Crippen LogP contribution is -2.11. The highest BCUT2D eigenvalue weighted by Gasteiger charge is 2.18. The molecule has 0 radical (unpaired) electrons. The fourth-order valence-electron chi connectivity index (χ4n) is 3.03. The molecule has 0 aliphatic rings. The summed E-state index contributed by atoms with van der Waals surface area (Å²) in [6.45, 7) is 1.97. The van der Waals surface area contributed by atoms with Gasteiger partial charge in [-0.3, -0.25) is 0 Å². The van der Waals surface area contributed by atoms with E-state index in [2.05, 4.69) is 8.37 Å². The average Bonchev–Trinajstić information content (AvgIpc) is 2.79. The molecule has 3 aromatic rings. The second-order valence-electron chi connectivity index (χ2n) is 6.73. The summed E-state index contributed by atoms with van der Waals surface area (Å²) < 4.78 is 65.2. The van der Waals surface area contributed by atoms with Crippen molar-refractivity contribution in [1.29, 1.82) is 0 Å². The Labute approximate surface area is 188 Å². The predicted octanol–water partition coefficient (Wildman–Crippen LogP) is 4.05. The normalized spacial score (nSPS) is 12.8. The molecule has 0 bridgehead atoms. The van der Waals surface area contributed by atoms with Crippen LogP contribution in [0.15, 0.2) is 72.8 Å². The molecule has 32 heavy (non-hydrogen) atoms. The molecule has 0 aromatic heterocycles. The Bertz CT molecular complexity index is 1270. The van der Waals surface area contributed by atoms with Gasteiger partial charge >= 0.3 is 20.8 Å². The van der Waals surface area contributed by atoms with Crippen molar-refractivity contribution in [2.24, 2.45) is 0 Å². The number of benzene rings is 3. The van der Waals surface area contributed by atoms with Gasteiger partial charge in [-0.25, -0.2) is 8.37 Å². The largest absolute Gasteiger partial charge is 0.448 e. The van der Waals surface area contributed by atoms with E-state index < -0.39 is 20.8 Å². The molecule has 0 fully saturated rings. The van der Waals surface area contributed by atoms with Gasteiger partial charge < -0.3 is 8.37 Å². The molecule has 0 aliphatic heterocycles. The van der Waals surface area contributed by atoms with Crippen LogP contribution < -0.4 is 8.37 Å². The highest BCUT2D eigenvalue weighted by molar-refractivity contribution is 7.82. The lowest BCUT2D eigenvalue weighted by molar-refractivity contribution is 0.329. The van der Waals surface area contributed by atoms with Crippen LogP contribution in [0.1, 0.15) is 24.0 Å². The minimum Gasteiger partial charge on any atom is -0.362 e. The summed E-state index contributed by atoms with van der Waals surface area (Å²) in [6.07, 6.45) is 0. The highest BCUT2D eigenvalue weighted by atomic mass is 32.3. The number of hydrogen-bond donors (Lipinski definition) is 0. The molecule has 0 N–H and O–H groups in total. The Kier molecular flexibility index (Phi) is 7.19. The molecule has 0 amide bonds. The van der Waals surface area contributed by atoms with E-state index in [9.17, 15) is 16.8 Å². The zero-order chi connectivity index (χ0) is 23.4. The fraction of sp³-hybridized carbons (Fsp3) is 0.182. The van der Waals surface area contributed by atoms with E-state index in [4.69, 9.17) is 8.37 Å². The van der Waals surface area contributed by atoms with Gasteiger partial charge in [-0.2, -0.15) is 16.8 Å². The summed E-state index contributed by atoms with van der Waals surface area (Å²) in [5.74, 6) is 0.169. The highest BCUT2D eigenvalue weighted by Crippen LogP contribution is 2.36. The van der Waals surface area contributed by atoms with Gasteiger partial charge in [0.25, 0.3) is 0 Å². The third kappa shape index (κ3) is 5.86. The van der Waals surface area contributed by atoms with Gasteiger partial charge in [0, 0.05) is 11.5 Å². The zero-order valence-electron chi connectivity index (χ0n) is 17.6. The molecule has 0 spiro atoms. The van der Waals surface area contributed by atoms with Crippen LogP contribution >= 0.6 is 0 Å². The zero-order valence-corrected chi connectivity index (χ0v) is 19.2. The van der Waals surface area contributed by atoms with Crippen molar-refractivity contribution in [2.45, 2.75) is 12.8 Å². The molecule has 1 atom stereocenters. The van der Waals surface area contributed by atoms with Crippen LogP contribution in [0.2, 0.25) is 0 Å². The van der Waals surface area contributed by atoms with Crippen LogP contribution in [0.5, 0.6) is 11.5 Å². The lowest BCUT2D eigenvalue weighted by atomic mass is 9.90. The SMILES string of the molecule is COS(=O)(=O)Oc1ccc(C(C)c2ccc(OS(=O)(=O)OC)c(-c3ccccc3)c2)cc1. The van der Waals surface area contributed by atoms with E-state index in [1.54, 1.807) is 24.3 Å². The second kappa shape index (κ2) is 9.70. The topological polar surface area (TPSA) is 105 Å². The van der Waals surface area contributed by atoms with Crippen LogP contribution in [-0.4, -0.2) is 31.1 Å². The van der Waals surface area contributed by atoms with Crippen LogP contribution in [-0.2, 0) is 29.2 Å². The van der Waals surface area contributed by atoms with Crippen molar-refractivity contribution >= 4 is 20.8 Å². The van der Waals surface area contributed by atoms with Crippen LogP contribution in [0.3, 0.4) is 0 Å². The van der Waals surface area contributed by atoms with E-state index >= 15 is 0 Å². The molecule has 3 rings (SSSR count). The number of rotatable bonds is 9. The molecule has 3 aromatic carbocycles. The van der Waals surface area contributed by atoms with Gasteiger partial charge in [0.2, 0.25) is 0 Å². The molecule has 1 unspecified atom stereocenters. The van der Waals surface area contributed by atoms with E-state index in [-0.39, 0.29) is 17.4 Å². The maximum atomic E-state index is 11.8. The first-order valence-corrected chi connectivity index (χ1v) is 12.1. The third-order valence-corrected chi connectivity index (χ3v) is 6.36. The minimum absolute atomic E-state index is 0.0985. The summed E-state index contributed by atoms with van der Waals surface area (Å²) in [6, 6.07) is 21.0. The third-order valence-electron chi connectivity index (χ3n) is 4.77. The maximum Gasteiger partial charge on any atom is 0.448 e. The smallest absolute Gasteiger partial charge is 0.362 e. The van der Waals surface area contributed by atoms with Crippen molar-refractivity contribution in [1.82, 2.24) is 0 Å². The predicted molar refractivity (Wildman–Crippen MR) is 119 cm³/mol. The Hall–Kier alpha value is -2.92. The molecular weight excluding hydrogens is 456 g/mol. The monoisotopic (exact) mass is 478 g/mol. The van der Waals surface area contributed by atoms with Gasteiger partial charge in [-0.05, 0) is 41.0 Å². The maximum absolute atomic E-state index is 11.8. The molecule has 170 valence electrons. The molecule has 8 nitrogen and oxygen atoms in total. The van der Waals surface area contributed by atoms with Crippen molar-refractivity contribution in [2.75, 3.05) is 14.2 Å². The summed E-state index contributed by atoms with van der Waals surface area (Å²) in [5.41, 5.74) is 3.15. The average molecular weight is 479 g/mol. The standard InChI is InChI=1S/C22H22O8S2/c1-16(17-9-12-20(13-10-17)29-31(23,24)27-2)19-11-14-22(30-32(25,26)28-3)21(15-19)18-7-5-4-6-8-18/h4-16H,1-3H3. The first-order valence-electron chi connectivity index (χ1n) is 9.43. The lowest BCUT2D eigenvalue weighted by Gasteiger charge is -2.17. The first-order chi connectivity index (χ1) is 15.1. The van der Waals surface area contributed by atoms with Gasteiger partial charge in [0.15, 0.2) is 5.75 Å². The van der Waals surface area contributed by atoms with Gasteiger partial charge in [-0.1, -0.05) is 55.5 Å². The van der Waals surface area contributed by atoms with Crippen LogP contribution in [0.25, 0.3) is 11.1 Å². The first kappa shape index (κ1) is 23.7. The molecule has 0 saturated carbocycles. The van der Waals surface area contributed by atoms with Crippen molar-refractivity contribution in [3.05, 3.63) is 83.9 Å². The Morgan fingerprint density at radius 3 is 1.84 bits per heavy atom. The second-order valence-corrected chi connectivity index (χ2v) is 9.36. The molecular formula is C22H22O8S2. The Balaban J connectivity index is 1.95. The van der Waals surface area contributed by atoms with Gasteiger partial charge in [0.1, 0.15) is 5.75 Å². The van der Waals surface area contributed by atoms with Crippen molar-refractivity contribution < 1.29 is 33.6 Å². The summed E-state index contributed by atoms with van der Waals surface area (Å²) >= 11 is 0. The van der Waals surface area contributed by atoms with E-state index in [0.717, 1.165) is 30.9 Å². The Morgan fingerprint density at radius 2 is 1.25 bits per heavy atom. The van der Waals surface area contributed by atoms with E-state index in [1.165, 1.54) is 12.1 Å². The Morgan fingerprint density at radius 1 is 0.688 bits per heavy atom. The van der Waals surface area contributed by atoms with E-state index in [0.29, 0.717) is 5.56 Å². The summed E-state index contributed by atoms with van der Waals surface area (Å²) in [4.78, 5) is 0. The quantitative estimate of drug-likeness (QED) is 0.454. The van der Waals surface area contributed by atoms with E-state index in [1.807, 2.05) is 43.3 Å². The fourth-order valence-corrected chi connectivity index (χ4v) is 3.88. The summed E-state index contributed by atoms with van der Waals surface area (Å²) in [5, 5.41) is 0. The molecule has 0 saturated heterocycles. The van der Waals surface area contributed by atoms with Crippen molar-refractivity contribution in [3.8, 4) is 22.6 Å². The minimum atomic E-state index is -4.18. The van der Waals surface area contributed by atoms with Crippen molar-refractivity contribution in [3.63, 3.8) is 0 Å². The summed E-state index contributed by atoms with van der Waals surface area (Å²) in [7, 11) is -6.23. The number of hydrogen-bond acceptors (Lipinski definition) is 8. The van der Waals surface area contributed by atoms with Crippen LogP contribution in [0.4, 0.5) is 0 Å². The van der Waals surface area contributed by atoms with Gasteiger partial charge in [-0.15, -0.1) is 0 Å².